The summed E-state index contributed by atoms with van der Waals surface area (Å²) in [5, 5.41) is 20.3. The average Bonchev–Trinajstić information content (AvgIpc) is 2.26. The molecule has 1 N–H and O–H groups in total. The van der Waals surface area contributed by atoms with Crippen LogP contribution in [-0.4, -0.2) is 28.5 Å². The minimum absolute atomic E-state index is 0.0360. The predicted octanol–water partition coefficient (Wildman–Crippen LogP) is 1.95. The molecule has 0 heterocycles. The Labute approximate surface area is 104 Å². The van der Waals surface area contributed by atoms with Crippen LogP contribution in [0.4, 0.5) is 5.69 Å². The van der Waals surface area contributed by atoms with Crippen molar-refractivity contribution < 1.29 is 19.6 Å². The first kappa shape index (κ1) is 14.1. The molecule has 1 aromatic rings. The first-order chi connectivity index (χ1) is 8.33. The maximum absolute atomic E-state index is 10.8. The molecule has 0 aliphatic heterocycles. The highest BCUT2D eigenvalue weighted by molar-refractivity contribution is 5.76. The summed E-state index contributed by atoms with van der Waals surface area (Å²) in [7, 11) is 0. The summed E-state index contributed by atoms with van der Waals surface area (Å²) >= 11 is 0. The number of ether oxygens (including phenoxy) is 1. The van der Waals surface area contributed by atoms with Crippen LogP contribution in [0.2, 0.25) is 0 Å². The topological polar surface area (TPSA) is 89.7 Å². The molecule has 0 amide bonds. The second-order valence-corrected chi connectivity index (χ2v) is 4.51. The van der Waals surface area contributed by atoms with Crippen LogP contribution in [0.5, 0.6) is 5.75 Å². The van der Waals surface area contributed by atoms with E-state index in [9.17, 15) is 20.0 Å². The molecule has 0 saturated heterocycles. The van der Waals surface area contributed by atoms with E-state index in [1.54, 1.807) is 13.8 Å². The van der Waals surface area contributed by atoms with Gasteiger partial charge in [0.25, 0.3) is 0 Å². The quantitative estimate of drug-likeness (QED) is 0.475. The lowest BCUT2D eigenvalue weighted by Gasteiger charge is -2.17. The number of nitro groups is 1. The first-order valence-corrected chi connectivity index (χ1v) is 5.42. The zero-order chi connectivity index (χ0) is 13.8. The minimum atomic E-state index is -0.906. The van der Waals surface area contributed by atoms with Crippen molar-refractivity contribution in [2.24, 2.45) is 0 Å². The van der Waals surface area contributed by atoms with Gasteiger partial charge in [0, 0.05) is 18.1 Å². The lowest BCUT2D eigenvalue weighted by atomic mass is 10.1. The van der Waals surface area contributed by atoms with Gasteiger partial charge in [0.05, 0.1) is 17.1 Å². The number of benzene rings is 1. The largest absolute Gasteiger partial charge is 0.487 e. The number of hydrogen-bond acceptors (Lipinski definition) is 5. The van der Waals surface area contributed by atoms with E-state index in [-0.39, 0.29) is 18.0 Å². The van der Waals surface area contributed by atoms with Crippen LogP contribution in [0, 0.1) is 10.1 Å². The molecular formula is C12H15NO5. The van der Waals surface area contributed by atoms with Crippen LogP contribution < -0.4 is 4.74 Å². The molecule has 6 heteroatoms. The third kappa shape index (κ3) is 4.14. The molecule has 0 spiro atoms. The predicted molar refractivity (Wildman–Crippen MR) is 64.9 cm³/mol. The lowest BCUT2D eigenvalue weighted by Crippen LogP contribution is -2.22. The summed E-state index contributed by atoms with van der Waals surface area (Å²) in [5.74, 6) is 0.0360. The average molecular weight is 253 g/mol. The number of hydrogen-bond donors (Lipinski definition) is 1. The number of aldehydes is 1. The van der Waals surface area contributed by atoms with Crippen LogP contribution in [0.1, 0.15) is 30.6 Å². The Morgan fingerprint density at radius 3 is 2.67 bits per heavy atom. The highest BCUT2D eigenvalue weighted by Gasteiger charge is 2.17. The number of aliphatic hydroxyl groups is 1. The van der Waals surface area contributed by atoms with E-state index in [1.165, 1.54) is 18.2 Å². The Hall–Kier alpha value is -1.95. The number of carbonyl (C=O) groups is 1. The van der Waals surface area contributed by atoms with E-state index in [4.69, 9.17) is 4.74 Å². The molecule has 0 aliphatic rings. The SMILES string of the molecule is CC(C)(O)CCOc1cc(C=O)ccc1[N+](=O)[O-]. The molecule has 0 fully saturated rings. The zero-order valence-electron chi connectivity index (χ0n) is 10.3. The summed E-state index contributed by atoms with van der Waals surface area (Å²) in [6.45, 7) is 3.37. The van der Waals surface area contributed by atoms with E-state index >= 15 is 0 Å². The van der Waals surface area contributed by atoms with Crippen LogP contribution in [0.3, 0.4) is 0 Å². The van der Waals surface area contributed by atoms with Crippen LogP contribution >= 0.6 is 0 Å². The number of rotatable bonds is 6. The monoisotopic (exact) mass is 253 g/mol. The Morgan fingerprint density at radius 2 is 2.17 bits per heavy atom. The van der Waals surface area contributed by atoms with Gasteiger partial charge in [-0.2, -0.15) is 0 Å². The van der Waals surface area contributed by atoms with Gasteiger partial charge in [-0.1, -0.05) is 0 Å². The third-order valence-electron chi connectivity index (χ3n) is 2.29. The summed E-state index contributed by atoms with van der Waals surface area (Å²) in [5.41, 5.74) is -0.799. The van der Waals surface area contributed by atoms with Gasteiger partial charge >= 0.3 is 5.69 Å². The molecule has 1 rings (SSSR count). The normalized spacial score (nSPS) is 11.1. The molecule has 0 atom stereocenters. The van der Waals surface area contributed by atoms with E-state index in [0.29, 0.717) is 18.3 Å². The smallest absolute Gasteiger partial charge is 0.310 e. The van der Waals surface area contributed by atoms with E-state index in [0.717, 1.165) is 0 Å². The van der Waals surface area contributed by atoms with Gasteiger partial charge in [0.1, 0.15) is 6.29 Å². The summed E-state index contributed by atoms with van der Waals surface area (Å²) in [6.07, 6.45) is 0.919. The minimum Gasteiger partial charge on any atom is -0.487 e. The molecule has 0 aliphatic carbocycles. The van der Waals surface area contributed by atoms with Crippen LogP contribution in [-0.2, 0) is 0 Å². The molecule has 0 saturated carbocycles. The number of nitrogens with zero attached hydrogens (tertiary/aromatic N) is 1. The van der Waals surface area contributed by atoms with Gasteiger partial charge in [0.15, 0.2) is 5.75 Å². The van der Waals surface area contributed by atoms with E-state index < -0.39 is 10.5 Å². The van der Waals surface area contributed by atoms with E-state index in [1.807, 2.05) is 0 Å². The van der Waals surface area contributed by atoms with Crippen molar-refractivity contribution in [1.29, 1.82) is 0 Å². The standard InChI is InChI=1S/C12H15NO5/c1-12(2,15)5-6-18-11-7-9(8-14)3-4-10(11)13(16)17/h3-4,7-8,15H,5-6H2,1-2H3. The van der Waals surface area contributed by atoms with Crippen molar-refractivity contribution >= 4 is 12.0 Å². The Morgan fingerprint density at radius 1 is 1.50 bits per heavy atom. The van der Waals surface area contributed by atoms with Gasteiger partial charge < -0.3 is 9.84 Å². The maximum atomic E-state index is 10.8. The molecule has 0 unspecified atom stereocenters. The lowest BCUT2D eigenvalue weighted by molar-refractivity contribution is -0.385. The van der Waals surface area contributed by atoms with Crippen LogP contribution in [0.25, 0.3) is 0 Å². The van der Waals surface area contributed by atoms with Gasteiger partial charge in [-0.05, 0) is 26.0 Å². The van der Waals surface area contributed by atoms with Gasteiger partial charge in [-0.15, -0.1) is 0 Å². The van der Waals surface area contributed by atoms with Crippen LogP contribution in [0.15, 0.2) is 18.2 Å². The second-order valence-electron chi connectivity index (χ2n) is 4.51. The molecule has 0 bridgehead atoms. The van der Waals surface area contributed by atoms with Crippen molar-refractivity contribution in [2.45, 2.75) is 25.9 Å². The fourth-order valence-corrected chi connectivity index (χ4v) is 1.28. The van der Waals surface area contributed by atoms with Crippen molar-refractivity contribution in [3.05, 3.63) is 33.9 Å². The number of carbonyl (C=O) groups excluding carboxylic acids is 1. The molecule has 98 valence electrons. The van der Waals surface area contributed by atoms with Crippen molar-refractivity contribution in [3.8, 4) is 5.75 Å². The van der Waals surface area contributed by atoms with Crippen molar-refractivity contribution in [3.63, 3.8) is 0 Å². The van der Waals surface area contributed by atoms with E-state index in [2.05, 4.69) is 0 Å². The molecule has 1 aromatic carbocycles. The second kappa shape index (κ2) is 5.59. The van der Waals surface area contributed by atoms with Gasteiger partial charge in [-0.25, -0.2) is 0 Å². The first-order valence-electron chi connectivity index (χ1n) is 5.42. The van der Waals surface area contributed by atoms with Gasteiger partial charge in [-0.3, -0.25) is 14.9 Å². The molecule has 0 radical (unpaired) electrons. The summed E-state index contributed by atoms with van der Waals surface area (Å²) in [6, 6.07) is 3.90. The highest BCUT2D eigenvalue weighted by atomic mass is 16.6. The third-order valence-corrected chi connectivity index (χ3v) is 2.29. The molecule has 18 heavy (non-hydrogen) atoms. The van der Waals surface area contributed by atoms with Gasteiger partial charge in [0.2, 0.25) is 0 Å². The Kier molecular flexibility index (Phi) is 4.38. The molecular weight excluding hydrogens is 238 g/mol. The fraction of sp³-hybridized carbons (Fsp3) is 0.417. The summed E-state index contributed by atoms with van der Waals surface area (Å²) < 4.78 is 5.26. The van der Waals surface area contributed by atoms with Crippen molar-refractivity contribution in [2.75, 3.05) is 6.61 Å². The summed E-state index contributed by atoms with van der Waals surface area (Å²) in [4.78, 5) is 20.8. The molecule has 6 nitrogen and oxygen atoms in total. The zero-order valence-corrected chi connectivity index (χ0v) is 10.3. The highest BCUT2D eigenvalue weighted by Crippen LogP contribution is 2.28. The molecule has 0 aromatic heterocycles. The Balaban J connectivity index is 2.84. The maximum Gasteiger partial charge on any atom is 0.310 e. The number of nitro benzene ring substituents is 1. The fourth-order valence-electron chi connectivity index (χ4n) is 1.28. The Bertz CT molecular complexity index is 450. The van der Waals surface area contributed by atoms with Crippen molar-refractivity contribution in [1.82, 2.24) is 0 Å².